The van der Waals surface area contributed by atoms with Crippen molar-refractivity contribution < 1.29 is 9.53 Å². The van der Waals surface area contributed by atoms with Crippen molar-refractivity contribution in [3.05, 3.63) is 58.6 Å². The molecule has 3 heterocycles. The van der Waals surface area contributed by atoms with Crippen LogP contribution in [0.1, 0.15) is 10.4 Å². The Balaban J connectivity index is 1.42. The number of carbonyl (C=O) groups is 1. The number of aromatic nitrogens is 2. The summed E-state index contributed by atoms with van der Waals surface area (Å²) in [6.07, 6.45) is 1.59. The SMILES string of the molecule is O=C(Nc1nc(-c2ccc(Cl)cc2)cs1)c1ccc(N2CCOCC2)nc1. The van der Waals surface area contributed by atoms with Gasteiger partial charge >= 0.3 is 0 Å². The van der Waals surface area contributed by atoms with Crippen LogP contribution in [0.5, 0.6) is 0 Å². The molecule has 4 rings (SSSR count). The molecular formula is C19H17ClN4O2S. The van der Waals surface area contributed by atoms with E-state index in [1.165, 1.54) is 11.3 Å². The monoisotopic (exact) mass is 400 g/mol. The summed E-state index contributed by atoms with van der Waals surface area (Å²) >= 11 is 7.29. The maximum absolute atomic E-state index is 12.5. The fourth-order valence-electron chi connectivity index (χ4n) is 2.75. The van der Waals surface area contributed by atoms with E-state index in [-0.39, 0.29) is 5.91 Å². The molecule has 3 aromatic rings. The molecule has 1 amide bonds. The molecule has 1 fully saturated rings. The standard InChI is InChI=1S/C19H17ClN4O2S/c20-15-4-1-13(2-5-15)16-12-27-19(22-16)23-18(25)14-3-6-17(21-11-14)24-7-9-26-10-8-24/h1-6,11-12H,7-10H2,(H,22,23,25). The highest BCUT2D eigenvalue weighted by molar-refractivity contribution is 7.14. The number of nitrogens with one attached hydrogen (secondary N) is 1. The molecule has 0 atom stereocenters. The molecule has 0 unspecified atom stereocenters. The van der Waals surface area contributed by atoms with Gasteiger partial charge in [0.2, 0.25) is 0 Å². The molecule has 0 saturated carbocycles. The normalized spacial score (nSPS) is 14.2. The number of halogens is 1. The summed E-state index contributed by atoms with van der Waals surface area (Å²) in [6, 6.07) is 11.1. The van der Waals surface area contributed by atoms with Crippen molar-refractivity contribution in [3.8, 4) is 11.3 Å². The van der Waals surface area contributed by atoms with Gasteiger partial charge in [-0.25, -0.2) is 9.97 Å². The fraction of sp³-hybridized carbons (Fsp3) is 0.211. The highest BCUT2D eigenvalue weighted by atomic mass is 35.5. The lowest BCUT2D eigenvalue weighted by molar-refractivity contribution is 0.102. The number of hydrogen-bond acceptors (Lipinski definition) is 6. The molecule has 27 heavy (non-hydrogen) atoms. The van der Waals surface area contributed by atoms with Gasteiger partial charge in [0.25, 0.3) is 5.91 Å². The molecule has 0 aliphatic carbocycles. The Kier molecular flexibility index (Phi) is 5.33. The maximum atomic E-state index is 12.5. The summed E-state index contributed by atoms with van der Waals surface area (Å²) in [5.74, 6) is 0.627. The first-order valence-corrected chi connectivity index (χ1v) is 9.76. The Labute approximate surface area is 165 Å². The fourth-order valence-corrected chi connectivity index (χ4v) is 3.59. The molecule has 1 N–H and O–H groups in total. The molecule has 1 aromatic carbocycles. The molecule has 0 spiro atoms. The zero-order valence-corrected chi connectivity index (χ0v) is 16.0. The Morgan fingerprint density at radius 1 is 1.15 bits per heavy atom. The minimum atomic E-state index is -0.229. The Morgan fingerprint density at radius 3 is 2.63 bits per heavy atom. The van der Waals surface area contributed by atoms with E-state index in [4.69, 9.17) is 16.3 Å². The van der Waals surface area contributed by atoms with E-state index in [2.05, 4.69) is 20.2 Å². The van der Waals surface area contributed by atoms with E-state index in [9.17, 15) is 4.79 Å². The molecule has 6 nitrogen and oxygen atoms in total. The lowest BCUT2D eigenvalue weighted by Gasteiger charge is -2.27. The van der Waals surface area contributed by atoms with Crippen molar-refractivity contribution in [1.29, 1.82) is 0 Å². The van der Waals surface area contributed by atoms with Gasteiger partial charge in [0, 0.05) is 35.3 Å². The van der Waals surface area contributed by atoms with Gasteiger partial charge in [-0.15, -0.1) is 11.3 Å². The second kappa shape index (κ2) is 8.04. The van der Waals surface area contributed by atoms with E-state index in [1.807, 2.05) is 35.7 Å². The van der Waals surface area contributed by atoms with Crippen LogP contribution in [-0.2, 0) is 4.74 Å². The lowest BCUT2D eigenvalue weighted by atomic mass is 10.2. The second-order valence-electron chi connectivity index (χ2n) is 6.00. The number of pyridine rings is 1. The first-order chi connectivity index (χ1) is 13.2. The molecule has 1 saturated heterocycles. The summed E-state index contributed by atoms with van der Waals surface area (Å²) in [4.78, 5) is 23.5. The van der Waals surface area contributed by atoms with Gasteiger partial charge < -0.3 is 9.64 Å². The topological polar surface area (TPSA) is 67.4 Å². The van der Waals surface area contributed by atoms with Crippen LogP contribution in [0.3, 0.4) is 0 Å². The van der Waals surface area contributed by atoms with E-state index >= 15 is 0 Å². The number of nitrogens with zero attached hydrogens (tertiary/aromatic N) is 3. The molecule has 1 aliphatic rings. The van der Waals surface area contributed by atoms with Crippen LogP contribution in [0.2, 0.25) is 5.02 Å². The summed E-state index contributed by atoms with van der Waals surface area (Å²) in [5, 5.41) is 5.95. The van der Waals surface area contributed by atoms with Gasteiger partial charge in [0.05, 0.1) is 24.5 Å². The lowest BCUT2D eigenvalue weighted by Crippen LogP contribution is -2.36. The Hall–Kier alpha value is -2.48. The quantitative estimate of drug-likeness (QED) is 0.718. The summed E-state index contributed by atoms with van der Waals surface area (Å²) in [5.41, 5.74) is 2.25. The van der Waals surface area contributed by atoms with Gasteiger partial charge in [-0.1, -0.05) is 23.7 Å². The Morgan fingerprint density at radius 2 is 1.93 bits per heavy atom. The largest absolute Gasteiger partial charge is 0.378 e. The van der Waals surface area contributed by atoms with Crippen molar-refractivity contribution >= 4 is 39.8 Å². The number of anilines is 2. The molecule has 1 aliphatic heterocycles. The van der Waals surface area contributed by atoms with Crippen molar-refractivity contribution in [2.24, 2.45) is 0 Å². The van der Waals surface area contributed by atoms with Gasteiger partial charge in [-0.3, -0.25) is 10.1 Å². The third-order valence-electron chi connectivity index (χ3n) is 4.21. The van der Waals surface area contributed by atoms with Crippen molar-refractivity contribution in [3.63, 3.8) is 0 Å². The number of morpholine rings is 1. The summed E-state index contributed by atoms with van der Waals surface area (Å²) < 4.78 is 5.34. The number of amides is 1. The highest BCUT2D eigenvalue weighted by Crippen LogP contribution is 2.26. The molecular weight excluding hydrogens is 384 g/mol. The summed E-state index contributed by atoms with van der Waals surface area (Å²) in [7, 11) is 0. The predicted octanol–water partition coefficient (Wildman–Crippen LogP) is 3.95. The molecule has 0 radical (unpaired) electrons. The number of ether oxygens (including phenoxy) is 1. The second-order valence-corrected chi connectivity index (χ2v) is 7.30. The smallest absolute Gasteiger partial charge is 0.259 e. The van der Waals surface area contributed by atoms with E-state index in [0.29, 0.717) is 28.9 Å². The van der Waals surface area contributed by atoms with E-state index < -0.39 is 0 Å². The summed E-state index contributed by atoms with van der Waals surface area (Å²) in [6.45, 7) is 3.02. The van der Waals surface area contributed by atoms with Crippen molar-refractivity contribution in [1.82, 2.24) is 9.97 Å². The maximum Gasteiger partial charge on any atom is 0.259 e. The van der Waals surface area contributed by atoms with Gasteiger partial charge in [0.1, 0.15) is 5.82 Å². The van der Waals surface area contributed by atoms with Crippen LogP contribution in [0.25, 0.3) is 11.3 Å². The number of hydrogen-bond donors (Lipinski definition) is 1. The van der Waals surface area contributed by atoms with Gasteiger partial charge in [-0.05, 0) is 24.3 Å². The number of carbonyl (C=O) groups excluding carboxylic acids is 1. The zero-order chi connectivity index (χ0) is 18.6. The minimum absolute atomic E-state index is 0.229. The van der Waals surface area contributed by atoms with E-state index in [1.54, 1.807) is 12.3 Å². The Bertz CT molecular complexity index is 922. The molecule has 2 aromatic heterocycles. The first kappa shape index (κ1) is 17.9. The molecule has 0 bridgehead atoms. The van der Waals surface area contributed by atoms with Crippen LogP contribution in [0, 0.1) is 0 Å². The van der Waals surface area contributed by atoms with Gasteiger partial charge in [-0.2, -0.15) is 0 Å². The number of rotatable bonds is 4. The van der Waals surface area contributed by atoms with Crippen LogP contribution in [0.4, 0.5) is 10.9 Å². The minimum Gasteiger partial charge on any atom is -0.378 e. The third kappa shape index (κ3) is 4.27. The number of benzene rings is 1. The van der Waals surface area contributed by atoms with Crippen molar-refractivity contribution in [2.45, 2.75) is 0 Å². The first-order valence-electron chi connectivity index (χ1n) is 8.50. The van der Waals surface area contributed by atoms with Crippen molar-refractivity contribution in [2.75, 3.05) is 36.5 Å². The average molecular weight is 401 g/mol. The predicted molar refractivity (Wildman–Crippen MR) is 108 cm³/mol. The van der Waals surface area contributed by atoms with Crippen LogP contribution in [-0.4, -0.2) is 42.2 Å². The molecule has 138 valence electrons. The third-order valence-corrected chi connectivity index (χ3v) is 5.22. The van der Waals surface area contributed by atoms with Crippen LogP contribution >= 0.6 is 22.9 Å². The molecule has 8 heteroatoms. The van der Waals surface area contributed by atoms with E-state index in [0.717, 1.165) is 30.2 Å². The van der Waals surface area contributed by atoms with Crippen LogP contribution in [0.15, 0.2) is 48.0 Å². The van der Waals surface area contributed by atoms with Crippen LogP contribution < -0.4 is 10.2 Å². The zero-order valence-electron chi connectivity index (χ0n) is 14.4. The van der Waals surface area contributed by atoms with Gasteiger partial charge in [0.15, 0.2) is 5.13 Å². The highest BCUT2D eigenvalue weighted by Gasteiger charge is 2.14. The average Bonchev–Trinajstić information content (AvgIpc) is 3.18. The number of thiazole rings is 1.